The highest BCUT2D eigenvalue weighted by Gasteiger charge is 2.35. The number of hydrogen-bond acceptors (Lipinski definition) is 4. The van der Waals surface area contributed by atoms with Crippen LogP contribution in [-0.2, 0) is 17.8 Å². The highest BCUT2D eigenvalue weighted by molar-refractivity contribution is 5.92. The molecule has 0 bridgehead atoms. The number of urea groups is 1. The summed E-state index contributed by atoms with van der Waals surface area (Å²) < 4.78 is 40.7. The largest absolute Gasteiger partial charge is 0.573 e. The number of rotatable bonds is 3. The number of carbonyl (C=O) groups excluding carboxylic acids is 2. The number of H-pyrrole nitrogens is 1. The van der Waals surface area contributed by atoms with Crippen molar-refractivity contribution in [2.24, 2.45) is 5.92 Å². The lowest BCUT2D eigenvalue weighted by Crippen LogP contribution is -2.44. The number of nitrogens with zero attached hydrogens (tertiary/aromatic N) is 4. The van der Waals surface area contributed by atoms with E-state index in [1.165, 1.54) is 35.9 Å². The van der Waals surface area contributed by atoms with E-state index in [0.717, 1.165) is 24.1 Å². The third kappa shape index (κ3) is 5.39. The molecule has 1 saturated heterocycles. The molecule has 0 radical (unpaired) electrons. The zero-order valence-corrected chi connectivity index (χ0v) is 19.5. The van der Waals surface area contributed by atoms with E-state index >= 15 is 0 Å². The predicted octanol–water partition coefficient (Wildman–Crippen LogP) is 3.59. The molecule has 0 unspecified atom stereocenters. The van der Waals surface area contributed by atoms with E-state index in [4.69, 9.17) is 0 Å². The summed E-state index contributed by atoms with van der Waals surface area (Å²) in [6.45, 7) is 3.47. The van der Waals surface area contributed by atoms with Gasteiger partial charge in [0.15, 0.2) is 0 Å². The number of fused-ring (bicyclic) bond motifs is 2. The van der Waals surface area contributed by atoms with Crippen LogP contribution in [-0.4, -0.2) is 75.9 Å². The second-order valence-corrected chi connectivity index (χ2v) is 9.21. The second-order valence-electron chi connectivity index (χ2n) is 9.21. The summed E-state index contributed by atoms with van der Waals surface area (Å²) in [5, 5.41) is 7.05. The average Bonchev–Trinajstić information content (AvgIpc) is 3.44. The van der Waals surface area contributed by atoms with Gasteiger partial charge >= 0.3 is 12.4 Å². The minimum Gasteiger partial charge on any atom is -0.406 e. The maximum atomic E-state index is 13.1. The van der Waals surface area contributed by atoms with E-state index in [1.807, 2.05) is 15.9 Å². The molecule has 0 saturated carbocycles. The van der Waals surface area contributed by atoms with Crippen LogP contribution in [0.3, 0.4) is 0 Å². The van der Waals surface area contributed by atoms with Crippen molar-refractivity contribution in [3.05, 3.63) is 65.0 Å². The molecular weight excluding hydrogens is 475 g/mol. The Bertz CT molecular complexity index is 1190. The van der Waals surface area contributed by atoms with Crippen LogP contribution in [0.1, 0.15) is 23.2 Å². The molecule has 1 aromatic heterocycles. The Kier molecular flexibility index (Phi) is 6.46. The highest BCUT2D eigenvalue weighted by atomic mass is 19.4. The van der Waals surface area contributed by atoms with Gasteiger partial charge in [-0.3, -0.25) is 9.89 Å². The van der Waals surface area contributed by atoms with Crippen LogP contribution < -0.4 is 4.74 Å². The number of nitrogens with one attached hydrogen (secondary N) is 1. The Morgan fingerprint density at radius 3 is 2.67 bits per heavy atom. The SMILES string of the molecule is O=C(C=Cc1ccc(OC(F)(F)F)cc1)N1CC=C2CN(C(=O)N3CCc4[nH]ncc4C3)C[C@H]2CC1. The molecule has 3 amide bonds. The van der Waals surface area contributed by atoms with Gasteiger partial charge in [-0.15, -0.1) is 13.2 Å². The maximum absolute atomic E-state index is 13.1. The molecular formula is C25H26F3N5O3. The average molecular weight is 502 g/mol. The van der Waals surface area contributed by atoms with Crippen LogP contribution in [0.5, 0.6) is 5.75 Å². The fraction of sp³-hybridized carbons (Fsp3) is 0.400. The molecule has 1 atom stereocenters. The van der Waals surface area contributed by atoms with Gasteiger partial charge < -0.3 is 19.4 Å². The lowest BCUT2D eigenvalue weighted by Gasteiger charge is -2.30. The van der Waals surface area contributed by atoms with Crippen LogP contribution in [0.4, 0.5) is 18.0 Å². The number of carbonyl (C=O) groups is 2. The first-order chi connectivity index (χ1) is 17.2. The van der Waals surface area contributed by atoms with Crippen molar-refractivity contribution in [2.75, 3.05) is 32.7 Å². The van der Waals surface area contributed by atoms with Crippen molar-refractivity contribution in [3.63, 3.8) is 0 Å². The van der Waals surface area contributed by atoms with E-state index in [9.17, 15) is 22.8 Å². The third-order valence-electron chi connectivity index (χ3n) is 6.85. The van der Waals surface area contributed by atoms with Gasteiger partial charge in [-0.2, -0.15) is 5.10 Å². The molecule has 190 valence electrons. The van der Waals surface area contributed by atoms with Crippen molar-refractivity contribution in [3.8, 4) is 5.75 Å². The smallest absolute Gasteiger partial charge is 0.406 e. The van der Waals surface area contributed by atoms with Gasteiger partial charge in [0.05, 0.1) is 12.7 Å². The Morgan fingerprint density at radius 1 is 1.08 bits per heavy atom. The van der Waals surface area contributed by atoms with E-state index in [-0.39, 0.29) is 23.6 Å². The Morgan fingerprint density at radius 2 is 1.89 bits per heavy atom. The first-order valence-electron chi connectivity index (χ1n) is 11.8. The fourth-order valence-corrected chi connectivity index (χ4v) is 4.92. The van der Waals surface area contributed by atoms with Crippen LogP contribution in [0, 0.1) is 5.92 Å². The number of hydrogen-bond donors (Lipinski definition) is 1. The molecule has 2 aromatic rings. The molecule has 1 aromatic carbocycles. The molecule has 0 aliphatic carbocycles. The summed E-state index contributed by atoms with van der Waals surface area (Å²) in [6.07, 6.45) is 3.63. The summed E-state index contributed by atoms with van der Waals surface area (Å²) in [7, 11) is 0. The number of aromatic amines is 1. The molecule has 8 nitrogen and oxygen atoms in total. The van der Waals surface area contributed by atoms with Gasteiger partial charge in [0.1, 0.15) is 5.75 Å². The summed E-state index contributed by atoms with van der Waals surface area (Å²) in [5.74, 6) is -0.249. The Labute approximate surface area is 206 Å². The Hall–Kier alpha value is -3.76. The lowest BCUT2D eigenvalue weighted by atomic mass is 10.00. The molecule has 0 spiro atoms. The topological polar surface area (TPSA) is 81.8 Å². The number of alkyl halides is 3. The summed E-state index contributed by atoms with van der Waals surface area (Å²) >= 11 is 0. The van der Waals surface area contributed by atoms with Gasteiger partial charge in [0.25, 0.3) is 0 Å². The van der Waals surface area contributed by atoms with Crippen molar-refractivity contribution < 1.29 is 27.5 Å². The zero-order valence-electron chi connectivity index (χ0n) is 19.5. The first-order valence-corrected chi connectivity index (χ1v) is 11.8. The van der Waals surface area contributed by atoms with Crippen molar-refractivity contribution in [1.82, 2.24) is 24.9 Å². The number of aromatic nitrogens is 2. The first kappa shape index (κ1) is 24.0. The zero-order chi connectivity index (χ0) is 25.3. The third-order valence-corrected chi connectivity index (χ3v) is 6.85. The predicted molar refractivity (Wildman–Crippen MR) is 125 cm³/mol. The van der Waals surface area contributed by atoms with Crippen molar-refractivity contribution in [2.45, 2.75) is 25.7 Å². The number of ether oxygens (including phenoxy) is 1. The summed E-state index contributed by atoms with van der Waals surface area (Å²) in [6, 6.07) is 5.38. The van der Waals surface area contributed by atoms with Crippen molar-refractivity contribution >= 4 is 18.0 Å². The minimum atomic E-state index is -4.74. The molecule has 5 rings (SSSR count). The molecule has 36 heavy (non-hydrogen) atoms. The normalized spacial score (nSPS) is 20.1. The quantitative estimate of drug-likeness (QED) is 0.515. The van der Waals surface area contributed by atoms with Crippen molar-refractivity contribution in [1.29, 1.82) is 0 Å². The summed E-state index contributed by atoms with van der Waals surface area (Å²) in [5.41, 5.74) is 3.94. The van der Waals surface area contributed by atoms with Gasteiger partial charge in [0.2, 0.25) is 5.91 Å². The lowest BCUT2D eigenvalue weighted by molar-refractivity contribution is -0.274. The van der Waals surface area contributed by atoms with Gasteiger partial charge in [0, 0.05) is 62.4 Å². The van der Waals surface area contributed by atoms with Gasteiger partial charge in [-0.05, 0) is 35.8 Å². The van der Waals surface area contributed by atoms with E-state index < -0.39 is 6.36 Å². The molecule has 4 heterocycles. The van der Waals surface area contributed by atoms with E-state index in [1.54, 1.807) is 17.2 Å². The fourth-order valence-electron chi connectivity index (χ4n) is 4.92. The van der Waals surface area contributed by atoms with Crippen LogP contribution in [0.15, 0.2) is 48.2 Å². The number of likely N-dealkylation sites (tertiary alicyclic amines) is 1. The number of halogens is 3. The van der Waals surface area contributed by atoms with Crippen LogP contribution in [0.2, 0.25) is 0 Å². The van der Waals surface area contributed by atoms with Gasteiger partial charge in [-0.25, -0.2) is 4.79 Å². The monoisotopic (exact) mass is 501 g/mol. The number of benzene rings is 1. The molecule has 1 N–H and O–H groups in total. The van der Waals surface area contributed by atoms with Crippen LogP contribution >= 0.6 is 0 Å². The number of amides is 3. The van der Waals surface area contributed by atoms with Gasteiger partial charge in [-0.1, -0.05) is 18.2 Å². The molecule has 3 aliphatic rings. The highest BCUT2D eigenvalue weighted by Crippen LogP contribution is 2.30. The van der Waals surface area contributed by atoms with Crippen LogP contribution in [0.25, 0.3) is 6.08 Å². The molecule has 11 heteroatoms. The van der Waals surface area contributed by atoms with E-state index in [2.05, 4.69) is 14.9 Å². The summed E-state index contributed by atoms with van der Waals surface area (Å²) in [4.78, 5) is 31.3. The molecule has 3 aliphatic heterocycles. The molecule has 1 fully saturated rings. The second kappa shape index (κ2) is 9.71. The Balaban J connectivity index is 1.15. The maximum Gasteiger partial charge on any atom is 0.573 e. The van der Waals surface area contributed by atoms with E-state index in [0.29, 0.717) is 44.8 Å². The minimum absolute atomic E-state index is 0.0401. The standard InChI is InChI=1S/C25H26F3N5O3/c26-25(27,28)36-21-4-1-17(2-5-21)3-6-23(34)31-10-7-18-14-33(15-19(18)8-11-31)24(35)32-12-9-22-20(16-32)13-29-30-22/h1-7,13,19H,8-12,14-16H2,(H,29,30)/t19-/m1/s1.